The van der Waals surface area contributed by atoms with Gasteiger partial charge in [0.2, 0.25) is 5.91 Å². The van der Waals surface area contributed by atoms with Crippen molar-refractivity contribution in [2.75, 3.05) is 11.9 Å². The molecule has 1 atom stereocenters. The van der Waals surface area contributed by atoms with E-state index in [9.17, 15) is 14.7 Å². The Balaban J connectivity index is 1.48. The van der Waals surface area contributed by atoms with Gasteiger partial charge in [-0.1, -0.05) is 0 Å². The van der Waals surface area contributed by atoms with Crippen LogP contribution < -0.4 is 5.32 Å². The van der Waals surface area contributed by atoms with E-state index in [0.717, 1.165) is 19.3 Å². The number of ether oxygens (including phenoxy) is 1. The van der Waals surface area contributed by atoms with Crippen molar-refractivity contribution in [3.8, 4) is 12.3 Å². The molecule has 156 valence electrons. The second-order valence-corrected chi connectivity index (χ2v) is 7.59. The molecule has 1 unspecified atom stereocenters. The number of amides is 1. The predicted molar refractivity (Wildman–Crippen MR) is 109 cm³/mol. The number of nitrogens with one attached hydrogen (secondary N) is 1. The molecule has 4 rings (SSSR count). The van der Waals surface area contributed by atoms with Gasteiger partial charge in [-0.2, -0.15) is 15.3 Å². The van der Waals surface area contributed by atoms with Crippen molar-refractivity contribution in [3.05, 3.63) is 23.9 Å². The van der Waals surface area contributed by atoms with Gasteiger partial charge in [0.25, 0.3) is 0 Å². The zero-order valence-electron chi connectivity index (χ0n) is 16.5. The minimum atomic E-state index is -1.12. The average molecular weight is 409 g/mol. The van der Waals surface area contributed by atoms with E-state index < -0.39 is 11.6 Å². The molecule has 1 fully saturated rings. The number of carbonyl (C=O) groups is 2. The van der Waals surface area contributed by atoms with E-state index >= 15 is 0 Å². The molecule has 2 N–H and O–H groups in total. The van der Waals surface area contributed by atoms with Crippen LogP contribution in [0.5, 0.6) is 0 Å². The van der Waals surface area contributed by atoms with Crippen molar-refractivity contribution in [2.24, 2.45) is 10.2 Å². The van der Waals surface area contributed by atoms with Gasteiger partial charge in [-0.25, -0.2) is 9.48 Å². The van der Waals surface area contributed by atoms with Gasteiger partial charge in [0.05, 0.1) is 5.52 Å². The summed E-state index contributed by atoms with van der Waals surface area (Å²) >= 11 is 0. The Bertz CT molecular complexity index is 1040. The lowest BCUT2D eigenvalue weighted by Crippen LogP contribution is -2.19. The Hall–Kier alpha value is -3.25. The molecule has 1 aromatic carbocycles. The summed E-state index contributed by atoms with van der Waals surface area (Å²) in [6, 6.07) is 5.15. The summed E-state index contributed by atoms with van der Waals surface area (Å²) in [4.78, 5) is 24.1. The maximum Gasteiger partial charge on any atom is 0.357 e. The molecule has 1 saturated heterocycles. The first kappa shape index (κ1) is 20.0. The number of nitrogens with zero attached hydrogens (tertiary/aromatic N) is 4. The van der Waals surface area contributed by atoms with Crippen LogP contribution in [0.15, 0.2) is 28.4 Å². The quantitative estimate of drug-likeness (QED) is 0.644. The lowest BCUT2D eigenvalue weighted by Gasteiger charge is -2.23. The van der Waals surface area contributed by atoms with Gasteiger partial charge in [-0.15, -0.1) is 12.3 Å². The molecule has 0 bridgehead atoms. The molecule has 2 aliphatic rings. The highest BCUT2D eigenvalue weighted by Gasteiger charge is 2.39. The number of rotatable bonds is 8. The summed E-state index contributed by atoms with van der Waals surface area (Å²) in [6.45, 7) is 0.629. The van der Waals surface area contributed by atoms with E-state index in [4.69, 9.17) is 11.2 Å². The van der Waals surface area contributed by atoms with E-state index in [1.165, 1.54) is 0 Å². The van der Waals surface area contributed by atoms with E-state index in [1.807, 2.05) is 0 Å². The first-order valence-corrected chi connectivity index (χ1v) is 10.1. The van der Waals surface area contributed by atoms with Crippen molar-refractivity contribution in [1.82, 2.24) is 9.78 Å². The molecular formula is C21H23N5O4. The number of fused-ring (bicyclic) bond motifs is 1. The zero-order chi connectivity index (χ0) is 21.1. The Kier molecular flexibility index (Phi) is 5.50. The molecule has 2 aliphatic heterocycles. The third-order valence-corrected chi connectivity index (χ3v) is 5.43. The molecule has 0 radical (unpaired) electrons. The third kappa shape index (κ3) is 4.19. The van der Waals surface area contributed by atoms with Crippen LogP contribution in [0.2, 0.25) is 0 Å². The van der Waals surface area contributed by atoms with Gasteiger partial charge in [0, 0.05) is 43.4 Å². The first-order chi connectivity index (χ1) is 14.5. The monoisotopic (exact) mass is 409 g/mol. The van der Waals surface area contributed by atoms with Crippen LogP contribution in [0, 0.1) is 12.3 Å². The normalized spacial score (nSPS) is 19.4. The lowest BCUT2D eigenvalue weighted by molar-refractivity contribution is -0.116. The standard InChI is InChI=1S/C21H23N5O4/c1-2-3-10-21(24-25-21)11-9-17(27)22-14-7-8-16-15(13-14)19(20(28)29)23-26(16)18-6-4-5-12-30-18/h1,7-8,13,18H,3-6,9-12H2,(H,22,27)(H,28,29). The van der Waals surface area contributed by atoms with Crippen molar-refractivity contribution < 1.29 is 19.4 Å². The highest BCUT2D eigenvalue weighted by Crippen LogP contribution is 2.37. The molecule has 1 amide bonds. The summed E-state index contributed by atoms with van der Waals surface area (Å²) < 4.78 is 7.40. The third-order valence-electron chi connectivity index (χ3n) is 5.43. The van der Waals surface area contributed by atoms with Crippen LogP contribution in [0.4, 0.5) is 5.69 Å². The van der Waals surface area contributed by atoms with Crippen molar-refractivity contribution in [1.29, 1.82) is 0 Å². The number of carboxylic acids is 1. The van der Waals surface area contributed by atoms with Crippen molar-refractivity contribution >= 4 is 28.5 Å². The molecule has 1 aromatic heterocycles. The second kappa shape index (κ2) is 8.24. The van der Waals surface area contributed by atoms with Crippen LogP contribution in [-0.2, 0) is 9.53 Å². The Morgan fingerprint density at radius 1 is 1.33 bits per heavy atom. The van der Waals surface area contributed by atoms with Crippen LogP contribution in [-0.4, -0.2) is 39.0 Å². The summed E-state index contributed by atoms with van der Waals surface area (Å²) in [7, 11) is 0. The lowest BCUT2D eigenvalue weighted by atomic mass is 10.0. The van der Waals surface area contributed by atoms with E-state index in [1.54, 1.807) is 22.9 Å². The molecule has 9 nitrogen and oxygen atoms in total. The first-order valence-electron chi connectivity index (χ1n) is 10.1. The minimum absolute atomic E-state index is 0.0564. The summed E-state index contributed by atoms with van der Waals surface area (Å²) in [5, 5.41) is 25.2. The van der Waals surface area contributed by atoms with E-state index in [2.05, 4.69) is 26.6 Å². The van der Waals surface area contributed by atoms with E-state index in [-0.39, 0.29) is 24.2 Å². The zero-order valence-corrected chi connectivity index (χ0v) is 16.5. The topological polar surface area (TPSA) is 118 Å². The van der Waals surface area contributed by atoms with Gasteiger partial charge in [-0.05, 0) is 37.5 Å². The predicted octanol–water partition coefficient (Wildman–Crippen LogP) is 3.73. The molecule has 2 aromatic rings. The number of anilines is 1. The smallest absolute Gasteiger partial charge is 0.357 e. The van der Waals surface area contributed by atoms with Crippen LogP contribution in [0.3, 0.4) is 0 Å². The largest absolute Gasteiger partial charge is 0.476 e. The van der Waals surface area contributed by atoms with Crippen molar-refractivity contribution in [3.63, 3.8) is 0 Å². The van der Waals surface area contributed by atoms with Gasteiger partial charge < -0.3 is 15.2 Å². The SMILES string of the molecule is C#CCCC1(CCC(=O)Nc2ccc3c(c2)c(C(=O)O)nn3C2CCCCO2)N=N1. The average Bonchev–Trinajstić information content (AvgIpc) is 3.42. The number of aromatic carboxylic acids is 1. The van der Waals surface area contributed by atoms with Gasteiger partial charge in [0.1, 0.15) is 0 Å². The summed E-state index contributed by atoms with van der Waals surface area (Å²) in [6.07, 6.45) is 9.74. The Labute approximate surface area is 173 Å². The molecule has 0 saturated carbocycles. The number of terminal acetylenes is 1. The molecule has 0 spiro atoms. The maximum atomic E-state index is 12.4. The second-order valence-electron chi connectivity index (χ2n) is 7.59. The fourth-order valence-electron chi connectivity index (χ4n) is 3.72. The number of hydrogen-bond acceptors (Lipinski definition) is 6. The fourth-order valence-corrected chi connectivity index (χ4v) is 3.72. The van der Waals surface area contributed by atoms with Gasteiger partial charge in [0.15, 0.2) is 17.6 Å². The Morgan fingerprint density at radius 3 is 2.83 bits per heavy atom. The molecular weight excluding hydrogens is 386 g/mol. The fraction of sp³-hybridized carbons (Fsp3) is 0.476. The minimum Gasteiger partial charge on any atom is -0.476 e. The number of benzene rings is 1. The molecule has 30 heavy (non-hydrogen) atoms. The summed E-state index contributed by atoms with van der Waals surface area (Å²) in [5.74, 6) is 1.25. The van der Waals surface area contributed by atoms with Crippen LogP contribution in [0.1, 0.15) is 61.7 Å². The maximum absolute atomic E-state index is 12.4. The highest BCUT2D eigenvalue weighted by molar-refractivity contribution is 6.03. The van der Waals surface area contributed by atoms with Crippen LogP contribution >= 0.6 is 0 Å². The molecule has 3 heterocycles. The summed E-state index contributed by atoms with van der Waals surface area (Å²) in [5.41, 5.74) is 0.618. The molecule has 9 heteroatoms. The number of carboxylic acid groups (broad SMARTS) is 1. The number of aromatic nitrogens is 2. The van der Waals surface area contributed by atoms with Crippen molar-refractivity contribution in [2.45, 2.75) is 56.8 Å². The Morgan fingerprint density at radius 2 is 2.17 bits per heavy atom. The molecule has 0 aliphatic carbocycles. The number of carbonyl (C=O) groups excluding carboxylic acids is 1. The number of hydrogen-bond donors (Lipinski definition) is 2. The van der Waals surface area contributed by atoms with Gasteiger partial charge >= 0.3 is 5.97 Å². The van der Waals surface area contributed by atoms with Gasteiger partial charge in [-0.3, -0.25) is 4.79 Å². The highest BCUT2D eigenvalue weighted by atomic mass is 16.5. The van der Waals surface area contributed by atoms with E-state index in [0.29, 0.717) is 42.5 Å². The van der Waals surface area contributed by atoms with Crippen LogP contribution in [0.25, 0.3) is 10.9 Å².